The summed E-state index contributed by atoms with van der Waals surface area (Å²) in [6.45, 7) is 0.988. The molecule has 10 heteroatoms. The Morgan fingerprint density at radius 3 is 2.56 bits per heavy atom. The molecule has 0 unspecified atom stereocenters. The SMILES string of the molecule is Cc1noc(C)c1-c1cnc2c(-c3cnn(C(F)F)c3)nn(CC3(F)CCCCC3)c2c1. The number of halogens is 3. The van der Waals surface area contributed by atoms with Gasteiger partial charge >= 0.3 is 6.55 Å². The average molecular weight is 444 g/mol. The minimum Gasteiger partial charge on any atom is -0.361 e. The van der Waals surface area contributed by atoms with Crippen molar-refractivity contribution in [1.29, 1.82) is 0 Å². The molecule has 0 bridgehead atoms. The van der Waals surface area contributed by atoms with Crippen molar-refractivity contribution in [2.24, 2.45) is 0 Å². The Kier molecular flexibility index (Phi) is 5.02. The van der Waals surface area contributed by atoms with Gasteiger partial charge in [0.25, 0.3) is 0 Å². The van der Waals surface area contributed by atoms with E-state index in [2.05, 4.69) is 20.3 Å². The van der Waals surface area contributed by atoms with Gasteiger partial charge < -0.3 is 4.52 Å². The lowest BCUT2D eigenvalue weighted by Gasteiger charge is -2.29. The molecule has 0 radical (unpaired) electrons. The highest BCUT2D eigenvalue weighted by Gasteiger charge is 2.33. The third-order valence-electron chi connectivity index (χ3n) is 6.17. The molecule has 5 rings (SSSR count). The first-order valence-corrected chi connectivity index (χ1v) is 10.7. The van der Waals surface area contributed by atoms with Crippen molar-refractivity contribution in [2.75, 3.05) is 0 Å². The number of rotatable bonds is 5. The fraction of sp³-hybridized carbons (Fsp3) is 0.455. The van der Waals surface area contributed by atoms with Gasteiger partial charge in [-0.1, -0.05) is 24.4 Å². The molecular weight excluding hydrogens is 421 g/mol. The fourth-order valence-corrected chi connectivity index (χ4v) is 4.58. The van der Waals surface area contributed by atoms with Crippen molar-refractivity contribution in [3.63, 3.8) is 0 Å². The van der Waals surface area contributed by atoms with Crippen LogP contribution in [0.15, 0.2) is 29.2 Å². The maximum absolute atomic E-state index is 15.6. The molecule has 1 aliphatic rings. The predicted molar refractivity (Wildman–Crippen MR) is 112 cm³/mol. The lowest BCUT2D eigenvalue weighted by atomic mass is 9.86. The number of aromatic nitrogens is 6. The van der Waals surface area contributed by atoms with Crippen LogP contribution in [0, 0.1) is 13.8 Å². The third-order valence-corrected chi connectivity index (χ3v) is 6.17. The summed E-state index contributed by atoms with van der Waals surface area (Å²) in [6.07, 6.45) is 7.89. The van der Waals surface area contributed by atoms with E-state index in [-0.39, 0.29) is 6.54 Å². The van der Waals surface area contributed by atoms with Crippen LogP contribution in [0.4, 0.5) is 13.2 Å². The van der Waals surface area contributed by atoms with Gasteiger partial charge in [0.15, 0.2) is 0 Å². The zero-order chi connectivity index (χ0) is 22.5. The molecule has 7 nitrogen and oxygen atoms in total. The number of hydrogen-bond acceptors (Lipinski definition) is 5. The molecule has 0 saturated heterocycles. The summed E-state index contributed by atoms with van der Waals surface area (Å²) in [5.41, 5.74) is 2.91. The maximum atomic E-state index is 15.6. The molecule has 0 spiro atoms. The second kappa shape index (κ2) is 7.75. The van der Waals surface area contributed by atoms with Gasteiger partial charge in [0.2, 0.25) is 0 Å². The fourth-order valence-electron chi connectivity index (χ4n) is 4.58. The van der Waals surface area contributed by atoms with E-state index in [9.17, 15) is 8.78 Å². The predicted octanol–water partition coefficient (Wildman–Crippen LogP) is 5.63. The molecule has 168 valence electrons. The van der Waals surface area contributed by atoms with Crippen molar-refractivity contribution in [2.45, 2.75) is 64.7 Å². The molecule has 1 aliphatic carbocycles. The normalized spacial score (nSPS) is 16.3. The molecule has 4 aromatic rings. The second-order valence-corrected chi connectivity index (χ2v) is 8.50. The Labute approximate surface area is 182 Å². The summed E-state index contributed by atoms with van der Waals surface area (Å²) in [6, 6.07) is 1.88. The molecule has 0 aliphatic heterocycles. The van der Waals surface area contributed by atoms with E-state index in [0.29, 0.717) is 45.6 Å². The lowest BCUT2D eigenvalue weighted by Crippen LogP contribution is -2.32. The molecule has 0 aromatic carbocycles. The van der Waals surface area contributed by atoms with Crippen LogP contribution in [0.1, 0.15) is 50.1 Å². The van der Waals surface area contributed by atoms with Crippen LogP contribution >= 0.6 is 0 Å². The van der Waals surface area contributed by atoms with E-state index < -0.39 is 12.2 Å². The molecule has 0 N–H and O–H groups in total. The second-order valence-electron chi connectivity index (χ2n) is 8.50. The smallest absolute Gasteiger partial charge is 0.333 e. The molecule has 0 amide bonds. The third kappa shape index (κ3) is 3.57. The van der Waals surface area contributed by atoms with Gasteiger partial charge in [-0.3, -0.25) is 9.67 Å². The van der Waals surface area contributed by atoms with Gasteiger partial charge in [-0.2, -0.15) is 19.0 Å². The minimum absolute atomic E-state index is 0.0826. The van der Waals surface area contributed by atoms with Crippen molar-refractivity contribution in [1.82, 2.24) is 29.7 Å². The van der Waals surface area contributed by atoms with E-state index in [4.69, 9.17) is 4.52 Å². The number of nitrogens with zero attached hydrogens (tertiary/aromatic N) is 6. The zero-order valence-electron chi connectivity index (χ0n) is 17.9. The molecule has 32 heavy (non-hydrogen) atoms. The molecule has 4 aromatic heterocycles. The van der Waals surface area contributed by atoms with Gasteiger partial charge in [0.1, 0.15) is 22.6 Å². The minimum atomic E-state index is -2.76. The van der Waals surface area contributed by atoms with Gasteiger partial charge in [-0.15, -0.1) is 0 Å². The monoisotopic (exact) mass is 444 g/mol. The Balaban J connectivity index is 1.66. The van der Waals surface area contributed by atoms with Gasteiger partial charge in [-0.25, -0.2) is 9.07 Å². The first kappa shape index (κ1) is 20.7. The Morgan fingerprint density at radius 1 is 1.12 bits per heavy atom. The quantitative estimate of drug-likeness (QED) is 0.399. The van der Waals surface area contributed by atoms with E-state index >= 15 is 4.39 Å². The first-order valence-electron chi connectivity index (χ1n) is 10.7. The zero-order valence-corrected chi connectivity index (χ0v) is 17.9. The Morgan fingerprint density at radius 2 is 1.91 bits per heavy atom. The van der Waals surface area contributed by atoms with E-state index in [1.54, 1.807) is 10.9 Å². The summed E-state index contributed by atoms with van der Waals surface area (Å²) in [5.74, 6) is 0.655. The topological polar surface area (TPSA) is 74.6 Å². The van der Waals surface area contributed by atoms with E-state index in [0.717, 1.165) is 36.1 Å². The Bertz CT molecular complexity index is 1250. The van der Waals surface area contributed by atoms with Crippen LogP contribution in [-0.4, -0.2) is 35.4 Å². The molecular formula is C22H23F3N6O. The highest BCUT2D eigenvalue weighted by molar-refractivity contribution is 5.92. The summed E-state index contributed by atoms with van der Waals surface area (Å²) >= 11 is 0. The van der Waals surface area contributed by atoms with Crippen molar-refractivity contribution < 1.29 is 17.7 Å². The van der Waals surface area contributed by atoms with Gasteiger partial charge in [0, 0.05) is 29.1 Å². The average Bonchev–Trinajstić information content (AvgIpc) is 3.46. The summed E-state index contributed by atoms with van der Waals surface area (Å²) in [5, 5.41) is 12.3. The van der Waals surface area contributed by atoms with Crippen molar-refractivity contribution in [3.8, 4) is 22.4 Å². The maximum Gasteiger partial charge on any atom is 0.333 e. The van der Waals surface area contributed by atoms with Crippen LogP contribution in [0.3, 0.4) is 0 Å². The largest absolute Gasteiger partial charge is 0.361 e. The standard InChI is InChI=1S/C22H23F3N6O/c1-13-18(14(2)32-29-13)15-8-17-20(26-9-15)19(16-10-27-30(11-16)21(23)24)28-31(17)12-22(25)6-4-3-5-7-22/h8-11,21H,3-7,12H2,1-2H3. The lowest BCUT2D eigenvalue weighted by molar-refractivity contribution is 0.0566. The molecule has 4 heterocycles. The van der Waals surface area contributed by atoms with Crippen LogP contribution in [0.2, 0.25) is 0 Å². The summed E-state index contributed by atoms with van der Waals surface area (Å²) < 4.78 is 49.2. The summed E-state index contributed by atoms with van der Waals surface area (Å²) in [4.78, 5) is 4.59. The highest BCUT2D eigenvalue weighted by atomic mass is 19.3. The Hall–Kier alpha value is -3.17. The van der Waals surface area contributed by atoms with Gasteiger partial charge in [0.05, 0.1) is 24.0 Å². The number of aryl methyl sites for hydroxylation is 2. The van der Waals surface area contributed by atoms with Crippen LogP contribution < -0.4 is 0 Å². The number of pyridine rings is 1. The van der Waals surface area contributed by atoms with Crippen molar-refractivity contribution in [3.05, 3.63) is 36.1 Å². The first-order chi connectivity index (χ1) is 15.3. The number of alkyl halides is 3. The van der Waals surface area contributed by atoms with E-state index in [1.165, 1.54) is 12.4 Å². The van der Waals surface area contributed by atoms with Crippen molar-refractivity contribution >= 4 is 11.0 Å². The molecule has 0 atom stereocenters. The number of hydrogen-bond donors (Lipinski definition) is 0. The van der Waals surface area contributed by atoms with Crippen LogP contribution in [0.25, 0.3) is 33.4 Å². The summed E-state index contributed by atoms with van der Waals surface area (Å²) in [7, 11) is 0. The molecule has 1 saturated carbocycles. The van der Waals surface area contributed by atoms with Gasteiger partial charge in [-0.05, 0) is 32.8 Å². The van der Waals surface area contributed by atoms with E-state index in [1.807, 2.05) is 19.9 Å². The number of fused-ring (bicyclic) bond motifs is 1. The highest BCUT2D eigenvalue weighted by Crippen LogP contribution is 2.37. The van der Waals surface area contributed by atoms with Crippen LogP contribution in [0.5, 0.6) is 0 Å². The van der Waals surface area contributed by atoms with Crippen LogP contribution in [-0.2, 0) is 6.54 Å². The molecule has 1 fully saturated rings.